The molecule has 0 saturated heterocycles. The van der Waals surface area contributed by atoms with Gasteiger partial charge in [-0.2, -0.15) is 0 Å². The molecule has 0 bridgehead atoms. The lowest BCUT2D eigenvalue weighted by molar-refractivity contribution is -0.140. The van der Waals surface area contributed by atoms with Crippen molar-refractivity contribution in [3.63, 3.8) is 0 Å². The molecule has 0 heterocycles. The molecule has 5 rings (SSSR count). The van der Waals surface area contributed by atoms with Gasteiger partial charge in [-0.15, -0.1) is 0 Å². The molecule has 1 atom stereocenters. The molecule has 0 aromatic heterocycles. The number of amides is 2. The molecule has 1 N–H and O–H groups in total. The van der Waals surface area contributed by atoms with Crippen molar-refractivity contribution < 1.29 is 22.7 Å². The number of nitrogens with zero attached hydrogens (tertiary/aromatic N) is 2. The predicted octanol–water partition coefficient (Wildman–Crippen LogP) is 7.29. The third-order valence-electron chi connectivity index (χ3n) is 8.37. The average Bonchev–Trinajstić information content (AvgIpc) is 3.60. The van der Waals surface area contributed by atoms with Crippen LogP contribution >= 0.6 is 23.2 Å². The fourth-order valence-electron chi connectivity index (χ4n) is 5.88. The molecule has 2 amide bonds. The summed E-state index contributed by atoms with van der Waals surface area (Å²) < 4.78 is 35.0. The van der Waals surface area contributed by atoms with E-state index in [9.17, 15) is 18.0 Å². The van der Waals surface area contributed by atoms with Crippen molar-refractivity contribution in [1.82, 2.24) is 10.2 Å². The highest BCUT2D eigenvalue weighted by Crippen LogP contribution is 2.29. The molecular formula is C37H39Cl2N3O5S. The standard InChI is InChI=1S/C37H39Cl2N3O5S/c1-2-47-32-21-19-31(20-22-32)42(48(45,46)33-15-7-4-8-16-33)26-36(43)41(25-28-17-18-29(38)24-34(28)39)35(23-27-11-5-3-6-12-27)37(44)40-30-13-9-10-14-30/h3-8,11-12,15-22,24,30,35H,2,9-10,13-14,23,25-26H2,1H3,(H,40,44)/t35-/m0/s1. The highest BCUT2D eigenvalue weighted by atomic mass is 35.5. The zero-order valence-corrected chi connectivity index (χ0v) is 29.1. The van der Waals surface area contributed by atoms with E-state index in [4.69, 9.17) is 27.9 Å². The number of nitrogens with one attached hydrogen (secondary N) is 1. The van der Waals surface area contributed by atoms with E-state index >= 15 is 0 Å². The zero-order valence-electron chi connectivity index (χ0n) is 26.7. The molecule has 252 valence electrons. The third-order valence-corrected chi connectivity index (χ3v) is 10.7. The van der Waals surface area contributed by atoms with Crippen LogP contribution in [0.15, 0.2) is 108 Å². The maximum absolute atomic E-state index is 14.7. The summed E-state index contributed by atoms with van der Waals surface area (Å²) in [6.45, 7) is 1.68. The summed E-state index contributed by atoms with van der Waals surface area (Å²) in [5.74, 6) is -0.310. The number of sulfonamides is 1. The van der Waals surface area contributed by atoms with Gasteiger partial charge in [0.15, 0.2) is 0 Å². The largest absolute Gasteiger partial charge is 0.494 e. The Balaban J connectivity index is 1.57. The van der Waals surface area contributed by atoms with Gasteiger partial charge in [0, 0.05) is 29.1 Å². The van der Waals surface area contributed by atoms with Crippen LogP contribution in [0.2, 0.25) is 10.0 Å². The van der Waals surface area contributed by atoms with E-state index in [0.29, 0.717) is 28.0 Å². The highest BCUT2D eigenvalue weighted by molar-refractivity contribution is 7.92. The SMILES string of the molecule is CCOc1ccc(N(CC(=O)N(Cc2ccc(Cl)cc2Cl)[C@@H](Cc2ccccc2)C(=O)NC2CCCC2)S(=O)(=O)c2ccccc2)cc1. The number of halogens is 2. The Kier molecular flexibility index (Phi) is 12.0. The normalized spacial score (nSPS) is 13.9. The van der Waals surface area contributed by atoms with Crippen LogP contribution in [-0.4, -0.2) is 50.4 Å². The van der Waals surface area contributed by atoms with Crippen molar-refractivity contribution >= 4 is 50.7 Å². The summed E-state index contributed by atoms with van der Waals surface area (Å²) in [6, 6.07) is 27.9. The van der Waals surface area contributed by atoms with E-state index in [1.165, 1.54) is 17.0 Å². The summed E-state index contributed by atoms with van der Waals surface area (Å²) >= 11 is 12.8. The molecule has 1 fully saturated rings. The second kappa shape index (κ2) is 16.4. The Morgan fingerprint density at radius 2 is 1.54 bits per heavy atom. The number of benzene rings is 4. The van der Waals surface area contributed by atoms with Crippen molar-refractivity contribution in [2.75, 3.05) is 17.5 Å². The first-order valence-electron chi connectivity index (χ1n) is 16.0. The lowest BCUT2D eigenvalue weighted by Crippen LogP contribution is -2.54. The van der Waals surface area contributed by atoms with Crippen molar-refractivity contribution in [1.29, 1.82) is 0 Å². The van der Waals surface area contributed by atoms with E-state index in [0.717, 1.165) is 35.6 Å². The van der Waals surface area contributed by atoms with Crippen LogP contribution in [0.4, 0.5) is 5.69 Å². The Morgan fingerprint density at radius 3 is 2.17 bits per heavy atom. The van der Waals surface area contributed by atoms with Gasteiger partial charge < -0.3 is 15.0 Å². The average molecular weight is 709 g/mol. The summed E-state index contributed by atoms with van der Waals surface area (Å²) in [4.78, 5) is 30.3. The highest BCUT2D eigenvalue weighted by Gasteiger charge is 2.36. The quantitative estimate of drug-likeness (QED) is 0.149. The van der Waals surface area contributed by atoms with Gasteiger partial charge in [0.25, 0.3) is 10.0 Å². The molecule has 1 saturated carbocycles. The van der Waals surface area contributed by atoms with Gasteiger partial charge in [0.2, 0.25) is 11.8 Å². The molecule has 0 spiro atoms. The molecular weight excluding hydrogens is 669 g/mol. The van der Waals surface area contributed by atoms with E-state index in [2.05, 4.69) is 5.32 Å². The second-order valence-corrected chi connectivity index (χ2v) is 14.4. The van der Waals surface area contributed by atoms with Crippen LogP contribution in [0.5, 0.6) is 5.75 Å². The first-order valence-corrected chi connectivity index (χ1v) is 18.2. The number of carbonyl (C=O) groups excluding carboxylic acids is 2. The third kappa shape index (κ3) is 8.89. The molecule has 4 aromatic carbocycles. The van der Waals surface area contributed by atoms with Crippen LogP contribution in [0.1, 0.15) is 43.7 Å². The van der Waals surface area contributed by atoms with Gasteiger partial charge in [-0.3, -0.25) is 13.9 Å². The Labute approximate surface area is 292 Å². The van der Waals surface area contributed by atoms with Crippen molar-refractivity contribution in [3.8, 4) is 5.75 Å². The van der Waals surface area contributed by atoms with Crippen LogP contribution in [0, 0.1) is 0 Å². The van der Waals surface area contributed by atoms with Crippen molar-refractivity contribution in [2.45, 2.75) is 62.6 Å². The molecule has 8 nitrogen and oxygen atoms in total. The molecule has 0 aliphatic heterocycles. The first-order chi connectivity index (χ1) is 23.2. The van der Waals surface area contributed by atoms with Crippen molar-refractivity contribution in [3.05, 3.63) is 124 Å². The van der Waals surface area contributed by atoms with Gasteiger partial charge in [0.1, 0.15) is 18.3 Å². The Hall–Kier alpha value is -4.05. The molecule has 1 aliphatic carbocycles. The van der Waals surface area contributed by atoms with E-state index in [-0.39, 0.29) is 35.5 Å². The topological polar surface area (TPSA) is 96.0 Å². The van der Waals surface area contributed by atoms with E-state index in [1.54, 1.807) is 60.7 Å². The molecule has 0 unspecified atom stereocenters. The summed E-state index contributed by atoms with van der Waals surface area (Å²) in [6.07, 6.45) is 3.98. The van der Waals surface area contributed by atoms with E-state index < -0.39 is 28.5 Å². The molecule has 0 radical (unpaired) electrons. The minimum atomic E-state index is -4.22. The number of hydrogen-bond donors (Lipinski definition) is 1. The number of anilines is 1. The monoisotopic (exact) mass is 707 g/mol. The van der Waals surface area contributed by atoms with Gasteiger partial charge in [-0.1, -0.05) is 90.6 Å². The van der Waals surface area contributed by atoms with Gasteiger partial charge in [0.05, 0.1) is 17.2 Å². The smallest absolute Gasteiger partial charge is 0.264 e. The molecule has 4 aromatic rings. The molecule has 11 heteroatoms. The summed E-state index contributed by atoms with van der Waals surface area (Å²) in [5.41, 5.74) is 1.69. The zero-order chi connectivity index (χ0) is 34.1. The number of ether oxygens (including phenoxy) is 1. The lowest BCUT2D eigenvalue weighted by atomic mass is 10.0. The number of rotatable bonds is 14. The maximum Gasteiger partial charge on any atom is 0.264 e. The fourth-order valence-corrected chi connectivity index (χ4v) is 7.78. The van der Waals surface area contributed by atoms with Crippen LogP contribution in [0.25, 0.3) is 0 Å². The lowest BCUT2D eigenvalue weighted by Gasteiger charge is -2.34. The summed E-state index contributed by atoms with van der Waals surface area (Å²) in [7, 11) is -4.22. The van der Waals surface area contributed by atoms with Crippen LogP contribution in [-0.2, 0) is 32.6 Å². The Bertz CT molecular complexity index is 1790. The predicted molar refractivity (Wildman–Crippen MR) is 190 cm³/mol. The van der Waals surface area contributed by atoms with Gasteiger partial charge >= 0.3 is 0 Å². The van der Waals surface area contributed by atoms with Gasteiger partial charge in [-0.05, 0) is 79.4 Å². The fraction of sp³-hybridized carbons (Fsp3) is 0.297. The molecule has 1 aliphatic rings. The molecule has 48 heavy (non-hydrogen) atoms. The Morgan fingerprint density at radius 1 is 0.896 bits per heavy atom. The number of hydrogen-bond acceptors (Lipinski definition) is 5. The first kappa shape index (κ1) is 35.3. The van der Waals surface area contributed by atoms with Crippen LogP contribution < -0.4 is 14.4 Å². The van der Waals surface area contributed by atoms with E-state index in [1.807, 2.05) is 37.3 Å². The number of carbonyl (C=O) groups is 2. The van der Waals surface area contributed by atoms with Crippen LogP contribution in [0.3, 0.4) is 0 Å². The minimum Gasteiger partial charge on any atom is -0.494 e. The van der Waals surface area contributed by atoms with Gasteiger partial charge in [-0.25, -0.2) is 8.42 Å². The summed E-state index contributed by atoms with van der Waals surface area (Å²) in [5, 5.41) is 3.93. The van der Waals surface area contributed by atoms with Crippen molar-refractivity contribution in [2.24, 2.45) is 0 Å². The second-order valence-electron chi connectivity index (χ2n) is 11.7. The minimum absolute atomic E-state index is 0.00524. The maximum atomic E-state index is 14.7.